The summed E-state index contributed by atoms with van der Waals surface area (Å²) in [6.45, 7) is 1.49. The predicted octanol–water partition coefficient (Wildman–Crippen LogP) is 3.71. The SMILES string of the molecule is [NH][C@@H](CC(=O)N1CC[C@H]2CN(C(=O)c3cccc(Cl)c3)C[C@H]21)Cc1cc(F)c(F)cc1F. The first-order chi connectivity index (χ1) is 15.2. The second-order valence-corrected chi connectivity index (χ2v) is 8.82. The summed E-state index contributed by atoms with van der Waals surface area (Å²) in [6, 6.07) is 6.79. The van der Waals surface area contributed by atoms with E-state index in [4.69, 9.17) is 17.3 Å². The van der Waals surface area contributed by atoms with Crippen LogP contribution in [0.5, 0.6) is 0 Å². The number of nitrogens with one attached hydrogen (secondary N) is 1. The molecule has 1 radical (unpaired) electrons. The Hall–Kier alpha value is -2.58. The van der Waals surface area contributed by atoms with Gasteiger partial charge in [-0.3, -0.25) is 15.3 Å². The highest BCUT2D eigenvalue weighted by atomic mass is 35.5. The summed E-state index contributed by atoms with van der Waals surface area (Å²) in [4.78, 5) is 29.1. The number of carbonyl (C=O) groups excluding carboxylic acids is 2. The molecule has 2 aromatic rings. The first kappa shape index (κ1) is 22.6. The minimum atomic E-state index is -1.29. The molecule has 4 rings (SSSR count). The van der Waals surface area contributed by atoms with E-state index in [1.54, 1.807) is 34.1 Å². The molecule has 2 heterocycles. The van der Waals surface area contributed by atoms with Crippen molar-refractivity contribution in [2.75, 3.05) is 19.6 Å². The third-order valence-corrected chi connectivity index (χ3v) is 6.44. The van der Waals surface area contributed by atoms with Crippen molar-refractivity contribution in [1.82, 2.24) is 15.5 Å². The molecule has 2 fully saturated rings. The average molecular weight is 465 g/mol. The fourth-order valence-electron chi connectivity index (χ4n) is 4.63. The number of rotatable bonds is 5. The van der Waals surface area contributed by atoms with Gasteiger partial charge in [0.2, 0.25) is 5.91 Å². The molecule has 32 heavy (non-hydrogen) atoms. The monoisotopic (exact) mass is 464 g/mol. The van der Waals surface area contributed by atoms with Crippen molar-refractivity contribution in [3.8, 4) is 0 Å². The number of likely N-dealkylation sites (tertiary alicyclic amines) is 2. The maximum atomic E-state index is 13.9. The molecule has 0 unspecified atom stereocenters. The molecule has 2 aromatic carbocycles. The average Bonchev–Trinajstić information content (AvgIpc) is 3.32. The number of carbonyl (C=O) groups is 2. The summed E-state index contributed by atoms with van der Waals surface area (Å²) in [5.74, 6) is -3.63. The third kappa shape index (κ3) is 4.61. The maximum Gasteiger partial charge on any atom is 0.253 e. The van der Waals surface area contributed by atoms with E-state index in [0.717, 1.165) is 12.5 Å². The third-order valence-electron chi connectivity index (χ3n) is 6.20. The van der Waals surface area contributed by atoms with Crippen molar-refractivity contribution in [3.63, 3.8) is 0 Å². The highest BCUT2D eigenvalue weighted by Crippen LogP contribution is 2.33. The lowest BCUT2D eigenvalue weighted by Crippen LogP contribution is -2.42. The van der Waals surface area contributed by atoms with Crippen molar-refractivity contribution >= 4 is 23.4 Å². The minimum absolute atomic E-state index is 0.127. The van der Waals surface area contributed by atoms with Crippen molar-refractivity contribution in [2.24, 2.45) is 5.92 Å². The van der Waals surface area contributed by atoms with E-state index in [2.05, 4.69) is 0 Å². The highest BCUT2D eigenvalue weighted by Gasteiger charge is 2.44. The van der Waals surface area contributed by atoms with Crippen LogP contribution < -0.4 is 5.73 Å². The Morgan fingerprint density at radius 3 is 2.59 bits per heavy atom. The standard InChI is InChI=1S/C23H22ClF3N3O2/c24-16-3-1-2-13(6-16)23(32)29-11-14-4-5-30(21(14)12-29)22(31)9-17(28)7-15-8-19(26)20(27)10-18(15)25/h1-3,6,8,10,14,17,21,28H,4-5,7,9,11-12H2/t14-,17+,21+/m0/s1. The molecule has 0 bridgehead atoms. The summed E-state index contributed by atoms with van der Waals surface area (Å²) in [7, 11) is 0. The van der Waals surface area contributed by atoms with Crippen LogP contribution in [0.25, 0.3) is 0 Å². The van der Waals surface area contributed by atoms with Crippen LogP contribution in [0.4, 0.5) is 13.2 Å². The molecule has 169 valence electrons. The molecule has 0 saturated carbocycles. The van der Waals surface area contributed by atoms with Gasteiger partial charge in [-0.05, 0) is 42.7 Å². The van der Waals surface area contributed by atoms with Gasteiger partial charge in [-0.25, -0.2) is 13.2 Å². The van der Waals surface area contributed by atoms with Crippen LogP contribution in [-0.4, -0.2) is 53.3 Å². The summed E-state index contributed by atoms with van der Waals surface area (Å²) >= 11 is 5.98. The molecule has 0 aromatic heterocycles. The van der Waals surface area contributed by atoms with Gasteiger partial charge < -0.3 is 9.80 Å². The van der Waals surface area contributed by atoms with Crippen LogP contribution in [0, 0.1) is 23.4 Å². The van der Waals surface area contributed by atoms with E-state index in [9.17, 15) is 22.8 Å². The zero-order valence-electron chi connectivity index (χ0n) is 17.2. The van der Waals surface area contributed by atoms with Crippen LogP contribution in [-0.2, 0) is 11.2 Å². The molecule has 2 amide bonds. The van der Waals surface area contributed by atoms with E-state index in [1.165, 1.54) is 0 Å². The Kier molecular flexibility index (Phi) is 6.44. The van der Waals surface area contributed by atoms with Gasteiger partial charge in [0.15, 0.2) is 11.6 Å². The number of amides is 2. The second kappa shape index (κ2) is 9.11. The van der Waals surface area contributed by atoms with Crippen molar-refractivity contribution in [2.45, 2.75) is 31.3 Å². The summed E-state index contributed by atoms with van der Waals surface area (Å²) < 4.78 is 40.3. The zero-order chi connectivity index (χ0) is 23.0. The number of nitrogens with zero attached hydrogens (tertiary/aromatic N) is 2. The Balaban J connectivity index is 1.37. The van der Waals surface area contributed by atoms with Crippen LogP contribution in [0.2, 0.25) is 5.02 Å². The lowest BCUT2D eigenvalue weighted by molar-refractivity contribution is -0.132. The van der Waals surface area contributed by atoms with Gasteiger partial charge in [0, 0.05) is 54.7 Å². The fraction of sp³-hybridized carbons (Fsp3) is 0.391. The normalized spacial score (nSPS) is 21.0. The van der Waals surface area contributed by atoms with Crippen LogP contribution in [0.15, 0.2) is 36.4 Å². The van der Waals surface area contributed by atoms with Crippen LogP contribution >= 0.6 is 11.6 Å². The molecule has 2 aliphatic rings. The maximum absolute atomic E-state index is 13.9. The lowest BCUT2D eigenvalue weighted by Gasteiger charge is -2.26. The van der Waals surface area contributed by atoms with Gasteiger partial charge in [0.25, 0.3) is 5.91 Å². The largest absolute Gasteiger partial charge is 0.338 e. The molecule has 0 aliphatic carbocycles. The zero-order valence-corrected chi connectivity index (χ0v) is 17.9. The van der Waals surface area contributed by atoms with E-state index < -0.39 is 23.5 Å². The van der Waals surface area contributed by atoms with Gasteiger partial charge in [0.05, 0.1) is 6.04 Å². The minimum Gasteiger partial charge on any atom is -0.338 e. The number of hydrogen-bond donors (Lipinski definition) is 0. The van der Waals surface area contributed by atoms with Gasteiger partial charge in [0.1, 0.15) is 5.82 Å². The summed E-state index contributed by atoms with van der Waals surface area (Å²) in [6.07, 6.45) is 0.399. The first-order valence-electron chi connectivity index (χ1n) is 10.4. The Bertz CT molecular complexity index is 1050. The first-order valence-corrected chi connectivity index (χ1v) is 10.8. The molecule has 5 nitrogen and oxygen atoms in total. The van der Waals surface area contributed by atoms with E-state index in [0.29, 0.717) is 36.3 Å². The predicted molar refractivity (Wildman–Crippen MR) is 112 cm³/mol. The number of fused-ring (bicyclic) bond motifs is 1. The van der Waals surface area contributed by atoms with Crippen molar-refractivity contribution < 1.29 is 22.8 Å². The molecule has 2 aliphatic heterocycles. The summed E-state index contributed by atoms with van der Waals surface area (Å²) in [5, 5.41) is 0.478. The molecular formula is C23H22ClF3N3O2. The lowest BCUT2D eigenvalue weighted by atomic mass is 10.0. The Labute approximate surface area is 188 Å². The van der Waals surface area contributed by atoms with Gasteiger partial charge in [-0.2, -0.15) is 0 Å². The topological polar surface area (TPSA) is 64.4 Å². The van der Waals surface area contributed by atoms with Gasteiger partial charge >= 0.3 is 0 Å². The quantitative estimate of drug-likeness (QED) is 0.633. The number of halogens is 4. The van der Waals surface area contributed by atoms with Crippen molar-refractivity contribution in [1.29, 1.82) is 0 Å². The number of hydrogen-bond acceptors (Lipinski definition) is 2. The van der Waals surface area contributed by atoms with Gasteiger partial charge in [-0.15, -0.1) is 0 Å². The van der Waals surface area contributed by atoms with E-state index in [-0.39, 0.29) is 42.2 Å². The van der Waals surface area contributed by atoms with E-state index in [1.807, 2.05) is 0 Å². The summed E-state index contributed by atoms with van der Waals surface area (Å²) in [5.41, 5.74) is 8.51. The number of benzene rings is 2. The molecule has 2 saturated heterocycles. The Morgan fingerprint density at radius 2 is 1.84 bits per heavy atom. The van der Waals surface area contributed by atoms with E-state index >= 15 is 0 Å². The molecule has 0 spiro atoms. The van der Waals surface area contributed by atoms with Crippen molar-refractivity contribution in [3.05, 3.63) is 70.0 Å². The van der Waals surface area contributed by atoms with Gasteiger partial charge in [-0.1, -0.05) is 17.7 Å². The molecule has 1 N–H and O–H groups in total. The molecule has 3 atom stereocenters. The fourth-order valence-corrected chi connectivity index (χ4v) is 4.82. The smallest absolute Gasteiger partial charge is 0.253 e. The Morgan fingerprint density at radius 1 is 1.09 bits per heavy atom. The second-order valence-electron chi connectivity index (χ2n) is 8.39. The highest BCUT2D eigenvalue weighted by molar-refractivity contribution is 6.30. The molecule has 9 heteroatoms. The molecular weight excluding hydrogens is 443 g/mol. The van der Waals surface area contributed by atoms with Crippen LogP contribution in [0.1, 0.15) is 28.8 Å². The van der Waals surface area contributed by atoms with Crippen LogP contribution in [0.3, 0.4) is 0 Å².